The Bertz CT molecular complexity index is 1120. The number of nitrogens with zero attached hydrogens (tertiary/aromatic N) is 1. The Morgan fingerprint density at radius 1 is 0.944 bits per heavy atom. The molecule has 0 fully saturated rings. The maximum Gasteiger partial charge on any atom is 0.243 e. The molecule has 36 heavy (non-hydrogen) atoms. The van der Waals surface area contributed by atoms with Gasteiger partial charge in [-0.3, -0.25) is 9.59 Å². The van der Waals surface area contributed by atoms with Gasteiger partial charge in [-0.25, -0.2) is 0 Å². The summed E-state index contributed by atoms with van der Waals surface area (Å²) in [5.74, 6) is 0.518. The SMILES string of the molecule is Cc1ccc(OCCCC(=O)N(Cc2cccc(Cl)c2)[C@@H](Cc2ccccc2)C(=O)NC(C)C)cc1. The zero-order valence-corrected chi connectivity index (χ0v) is 22.0. The van der Waals surface area contributed by atoms with Gasteiger partial charge in [0.25, 0.3) is 0 Å². The van der Waals surface area contributed by atoms with Crippen LogP contribution < -0.4 is 10.1 Å². The lowest BCUT2D eigenvalue weighted by molar-refractivity contribution is -0.141. The molecule has 1 N–H and O–H groups in total. The van der Waals surface area contributed by atoms with Crippen molar-refractivity contribution in [3.05, 3.63) is 101 Å². The number of nitrogens with one attached hydrogen (secondary N) is 1. The van der Waals surface area contributed by atoms with Crippen LogP contribution in [0.5, 0.6) is 5.75 Å². The average Bonchev–Trinajstić information content (AvgIpc) is 2.85. The monoisotopic (exact) mass is 506 g/mol. The summed E-state index contributed by atoms with van der Waals surface area (Å²) < 4.78 is 5.81. The van der Waals surface area contributed by atoms with Crippen molar-refractivity contribution in [2.24, 2.45) is 0 Å². The minimum atomic E-state index is -0.653. The number of halogens is 1. The lowest BCUT2D eigenvalue weighted by Gasteiger charge is -2.32. The van der Waals surface area contributed by atoms with E-state index in [1.54, 1.807) is 11.0 Å². The summed E-state index contributed by atoms with van der Waals surface area (Å²) in [6, 6.07) is 24.3. The Kier molecular flexibility index (Phi) is 10.4. The molecule has 0 heterocycles. The Morgan fingerprint density at radius 3 is 2.31 bits per heavy atom. The Labute approximate surface area is 219 Å². The van der Waals surface area contributed by atoms with Gasteiger partial charge in [-0.15, -0.1) is 0 Å². The highest BCUT2D eigenvalue weighted by molar-refractivity contribution is 6.30. The van der Waals surface area contributed by atoms with Gasteiger partial charge < -0.3 is 15.0 Å². The minimum Gasteiger partial charge on any atom is -0.494 e. The smallest absolute Gasteiger partial charge is 0.243 e. The van der Waals surface area contributed by atoms with Crippen molar-refractivity contribution in [3.8, 4) is 5.75 Å². The number of ether oxygens (including phenoxy) is 1. The predicted octanol–water partition coefficient (Wildman–Crippen LogP) is 5.97. The molecule has 6 heteroatoms. The van der Waals surface area contributed by atoms with E-state index in [0.717, 1.165) is 16.9 Å². The van der Waals surface area contributed by atoms with Gasteiger partial charge in [0.15, 0.2) is 0 Å². The molecule has 0 saturated heterocycles. The van der Waals surface area contributed by atoms with Crippen LogP contribution in [0, 0.1) is 6.92 Å². The molecule has 0 spiro atoms. The minimum absolute atomic E-state index is 0.0400. The second-order valence-corrected chi connectivity index (χ2v) is 9.72. The van der Waals surface area contributed by atoms with Crippen molar-refractivity contribution in [3.63, 3.8) is 0 Å². The molecule has 0 aliphatic rings. The lowest BCUT2D eigenvalue weighted by atomic mass is 10.0. The van der Waals surface area contributed by atoms with Crippen molar-refractivity contribution in [1.29, 1.82) is 0 Å². The van der Waals surface area contributed by atoms with Crippen molar-refractivity contribution < 1.29 is 14.3 Å². The molecule has 0 unspecified atom stereocenters. The molecular weight excluding hydrogens is 472 g/mol. The molecule has 3 aromatic rings. The molecule has 0 aliphatic carbocycles. The summed E-state index contributed by atoms with van der Waals surface area (Å²) in [6.07, 6.45) is 1.24. The van der Waals surface area contributed by atoms with Crippen LogP contribution in [0.4, 0.5) is 0 Å². The fourth-order valence-corrected chi connectivity index (χ4v) is 4.17. The Hall–Kier alpha value is -3.31. The first kappa shape index (κ1) is 27.3. The van der Waals surface area contributed by atoms with Crippen LogP contribution in [0.2, 0.25) is 5.02 Å². The number of rotatable bonds is 12. The van der Waals surface area contributed by atoms with Crippen LogP contribution in [0.15, 0.2) is 78.9 Å². The van der Waals surface area contributed by atoms with Gasteiger partial charge in [-0.1, -0.05) is 71.8 Å². The largest absolute Gasteiger partial charge is 0.494 e. The molecule has 5 nitrogen and oxygen atoms in total. The normalized spacial score (nSPS) is 11.7. The van der Waals surface area contributed by atoms with E-state index < -0.39 is 6.04 Å². The highest BCUT2D eigenvalue weighted by Gasteiger charge is 2.30. The van der Waals surface area contributed by atoms with E-state index in [1.165, 1.54) is 5.56 Å². The molecule has 1 atom stereocenters. The summed E-state index contributed by atoms with van der Waals surface area (Å²) in [5, 5.41) is 3.60. The number of carbonyl (C=O) groups excluding carboxylic acids is 2. The zero-order chi connectivity index (χ0) is 25.9. The second-order valence-electron chi connectivity index (χ2n) is 9.29. The van der Waals surface area contributed by atoms with E-state index in [9.17, 15) is 9.59 Å². The van der Waals surface area contributed by atoms with Gasteiger partial charge in [-0.2, -0.15) is 0 Å². The third kappa shape index (κ3) is 8.72. The molecule has 0 radical (unpaired) electrons. The zero-order valence-electron chi connectivity index (χ0n) is 21.2. The van der Waals surface area contributed by atoms with Gasteiger partial charge in [0.05, 0.1) is 6.61 Å². The number of carbonyl (C=O) groups is 2. The van der Waals surface area contributed by atoms with Crippen LogP contribution in [-0.2, 0) is 22.6 Å². The van der Waals surface area contributed by atoms with Crippen LogP contribution in [0.3, 0.4) is 0 Å². The number of amides is 2. The molecular formula is C30H35ClN2O3. The fourth-order valence-electron chi connectivity index (χ4n) is 3.96. The first-order chi connectivity index (χ1) is 17.3. The van der Waals surface area contributed by atoms with E-state index in [2.05, 4.69) is 5.32 Å². The summed E-state index contributed by atoms with van der Waals surface area (Å²) >= 11 is 6.22. The van der Waals surface area contributed by atoms with Crippen LogP contribution in [0.25, 0.3) is 0 Å². The van der Waals surface area contributed by atoms with Crippen LogP contribution in [-0.4, -0.2) is 35.4 Å². The van der Waals surface area contributed by atoms with E-state index in [0.29, 0.717) is 31.0 Å². The number of hydrogen-bond donors (Lipinski definition) is 1. The third-order valence-electron chi connectivity index (χ3n) is 5.77. The molecule has 2 amide bonds. The maximum atomic E-state index is 13.6. The topological polar surface area (TPSA) is 58.6 Å². The quantitative estimate of drug-likeness (QED) is 0.308. The Balaban J connectivity index is 1.78. The predicted molar refractivity (Wildman–Crippen MR) is 145 cm³/mol. The van der Waals surface area contributed by atoms with Crippen molar-refractivity contribution in [1.82, 2.24) is 10.2 Å². The van der Waals surface area contributed by atoms with Gasteiger partial charge in [-0.05, 0) is 62.6 Å². The number of benzene rings is 3. The molecule has 3 aromatic carbocycles. The lowest BCUT2D eigenvalue weighted by Crippen LogP contribution is -2.51. The molecule has 0 aliphatic heterocycles. The van der Waals surface area contributed by atoms with Gasteiger partial charge in [0.2, 0.25) is 11.8 Å². The van der Waals surface area contributed by atoms with Crippen LogP contribution in [0.1, 0.15) is 43.4 Å². The molecule has 0 aromatic heterocycles. The molecule has 190 valence electrons. The van der Waals surface area contributed by atoms with E-state index in [4.69, 9.17) is 16.3 Å². The van der Waals surface area contributed by atoms with E-state index in [1.807, 2.05) is 93.6 Å². The summed E-state index contributed by atoms with van der Waals surface area (Å²) in [4.78, 5) is 28.6. The third-order valence-corrected chi connectivity index (χ3v) is 6.00. The van der Waals surface area contributed by atoms with E-state index >= 15 is 0 Å². The summed E-state index contributed by atoms with van der Waals surface area (Å²) in [5.41, 5.74) is 3.04. The molecule has 0 saturated carbocycles. The average molecular weight is 507 g/mol. The summed E-state index contributed by atoms with van der Waals surface area (Å²) in [6.45, 7) is 6.58. The molecule has 0 bridgehead atoms. The van der Waals surface area contributed by atoms with Crippen LogP contribution >= 0.6 is 11.6 Å². The Morgan fingerprint density at radius 2 is 1.64 bits per heavy atom. The van der Waals surface area contributed by atoms with Crippen molar-refractivity contribution in [2.45, 2.75) is 58.7 Å². The highest BCUT2D eigenvalue weighted by Crippen LogP contribution is 2.19. The van der Waals surface area contributed by atoms with E-state index in [-0.39, 0.29) is 24.3 Å². The summed E-state index contributed by atoms with van der Waals surface area (Å²) in [7, 11) is 0. The first-order valence-corrected chi connectivity index (χ1v) is 12.8. The number of aryl methyl sites for hydroxylation is 1. The van der Waals surface area contributed by atoms with Gasteiger partial charge in [0, 0.05) is 30.5 Å². The standard InChI is InChI=1S/C30H35ClN2O3/c1-22(2)32-30(35)28(20-24-9-5-4-6-10-24)33(21-25-11-7-12-26(31)19-25)29(34)13-8-18-36-27-16-14-23(3)15-17-27/h4-7,9-12,14-17,19,22,28H,8,13,18,20-21H2,1-3H3,(H,32,35)/t28-/m0/s1. The van der Waals surface area contributed by atoms with Crippen molar-refractivity contribution >= 4 is 23.4 Å². The maximum absolute atomic E-state index is 13.6. The van der Waals surface area contributed by atoms with Crippen molar-refractivity contribution in [2.75, 3.05) is 6.61 Å². The van der Waals surface area contributed by atoms with Gasteiger partial charge >= 0.3 is 0 Å². The first-order valence-electron chi connectivity index (χ1n) is 12.4. The highest BCUT2D eigenvalue weighted by atomic mass is 35.5. The second kappa shape index (κ2) is 13.7. The fraction of sp³-hybridized carbons (Fsp3) is 0.333. The molecule has 3 rings (SSSR count). The van der Waals surface area contributed by atoms with Gasteiger partial charge in [0.1, 0.15) is 11.8 Å². The number of hydrogen-bond acceptors (Lipinski definition) is 3.